The minimum Gasteiger partial charge on any atom is -0.493 e. The highest BCUT2D eigenvalue weighted by molar-refractivity contribution is 9.10. The molecule has 7 heteroatoms. The fourth-order valence-corrected chi connectivity index (χ4v) is 3.60. The number of carbonyl (C=O) groups excluding carboxylic acids is 1. The van der Waals surface area contributed by atoms with Crippen molar-refractivity contribution in [2.45, 2.75) is 6.61 Å². The Morgan fingerprint density at radius 1 is 1.06 bits per heavy atom. The Labute approximate surface area is 193 Å². The molecule has 0 spiro atoms. The van der Waals surface area contributed by atoms with Gasteiger partial charge in [-0.15, -0.1) is 0 Å². The zero-order chi connectivity index (χ0) is 21.8. The zero-order valence-electron chi connectivity index (χ0n) is 16.5. The summed E-state index contributed by atoms with van der Waals surface area (Å²) in [5.74, 6) is 0.781. The van der Waals surface area contributed by atoms with Gasteiger partial charge in [0, 0.05) is 10.0 Å². The van der Waals surface area contributed by atoms with Crippen molar-refractivity contribution in [3.05, 3.63) is 98.6 Å². The molecule has 0 fully saturated rings. The zero-order valence-corrected chi connectivity index (χ0v) is 18.8. The third-order valence-corrected chi connectivity index (χ3v) is 5.66. The molecule has 0 saturated heterocycles. The van der Waals surface area contributed by atoms with E-state index in [4.69, 9.17) is 25.8 Å². The number of benzene rings is 3. The summed E-state index contributed by atoms with van der Waals surface area (Å²) in [4.78, 5) is 16.6. The van der Waals surface area contributed by atoms with Crippen molar-refractivity contribution < 1.29 is 19.0 Å². The van der Waals surface area contributed by atoms with E-state index in [0.29, 0.717) is 28.7 Å². The number of aliphatic imine (C=N–C) groups is 1. The molecule has 0 aromatic heterocycles. The quantitative estimate of drug-likeness (QED) is 0.307. The van der Waals surface area contributed by atoms with Crippen LogP contribution < -0.4 is 9.47 Å². The van der Waals surface area contributed by atoms with Gasteiger partial charge in [0.25, 0.3) is 0 Å². The van der Waals surface area contributed by atoms with Gasteiger partial charge in [-0.3, -0.25) is 0 Å². The van der Waals surface area contributed by atoms with E-state index in [1.54, 1.807) is 49.6 Å². The van der Waals surface area contributed by atoms with Gasteiger partial charge < -0.3 is 14.2 Å². The summed E-state index contributed by atoms with van der Waals surface area (Å²) in [6, 6.07) is 20.3. The fraction of sp³-hybridized carbons (Fsp3) is 0.0833. The first kappa shape index (κ1) is 21.2. The van der Waals surface area contributed by atoms with Gasteiger partial charge in [0.2, 0.25) is 5.90 Å². The lowest BCUT2D eigenvalue weighted by Crippen LogP contribution is -2.05. The van der Waals surface area contributed by atoms with E-state index in [-0.39, 0.29) is 11.6 Å². The Hall–Kier alpha value is -3.09. The highest BCUT2D eigenvalue weighted by Gasteiger charge is 2.25. The van der Waals surface area contributed by atoms with E-state index in [2.05, 4.69) is 20.9 Å². The Morgan fingerprint density at radius 3 is 2.61 bits per heavy atom. The van der Waals surface area contributed by atoms with Crippen molar-refractivity contribution in [1.82, 2.24) is 0 Å². The third-order valence-electron chi connectivity index (χ3n) is 4.56. The smallest absolute Gasteiger partial charge is 0.363 e. The molecule has 1 aliphatic heterocycles. The van der Waals surface area contributed by atoms with Crippen LogP contribution in [0.4, 0.5) is 0 Å². The molecule has 0 aliphatic carbocycles. The maximum Gasteiger partial charge on any atom is 0.363 e. The minimum absolute atomic E-state index is 0.179. The predicted octanol–water partition coefficient (Wildman–Crippen LogP) is 6.03. The lowest BCUT2D eigenvalue weighted by Gasteiger charge is -2.12. The molecule has 1 heterocycles. The van der Waals surface area contributed by atoms with Crippen LogP contribution in [0.5, 0.6) is 11.5 Å². The Balaban J connectivity index is 1.56. The van der Waals surface area contributed by atoms with E-state index >= 15 is 0 Å². The molecule has 31 heavy (non-hydrogen) atoms. The maximum absolute atomic E-state index is 12.3. The van der Waals surface area contributed by atoms with Crippen molar-refractivity contribution in [3.63, 3.8) is 0 Å². The molecule has 0 bridgehead atoms. The van der Waals surface area contributed by atoms with Crippen molar-refractivity contribution >= 4 is 45.5 Å². The summed E-state index contributed by atoms with van der Waals surface area (Å²) in [5.41, 5.74) is 2.49. The summed E-state index contributed by atoms with van der Waals surface area (Å²) >= 11 is 9.69. The molecule has 1 aliphatic rings. The van der Waals surface area contributed by atoms with Crippen LogP contribution in [0.15, 0.2) is 81.9 Å². The molecule has 0 atom stereocenters. The van der Waals surface area contributed by atoms with Crippen molar-refractivity contribution in [1.29, 1.82) is 0 Å². The van der Waals surface area contributed by atoms with Crippen LogP contribution in [0.2, 0.25) is 5.02 Å². The number of rotatable bonds is 6. The van der Waals surface area contributed by atoms with Gasteiger partial charge in [-0.2, -0.15) is 0 Å². The van der Waals surface area contributed by atoms with E-state index in [1.165, 1.54) is 0 Å². The van der Waals surface area contributed by atoms with Crippen LogP contribution >= 0.6 is 27.5 Å². The summed E-state index contributed by atoms with van der Waals surface area (Å²) < 4.78 is 17.7. The van der Waals surface area contributed by atoms with Gasteiger partial charge in [0.05, 0.1) is 17.7 Å². The maximum atomic E-state index is 12.3. The van der Waals surface area contributed by atoms with Crippen LogP contribution in [0.1, 0.15) is 16.7 Å². The van der Waals surface area contributed by atoms with Gasteiger partial charge in [0.1, 0.15) is 6.61 Å². The van der Waals surface area contributed by atoms with Crippen LogP contribution in [0.25, 0.3) is 6.08 Å². The van der Waals surface area contributed by atoms with Crippen molar-refractivity contribution in [2.75, 3.05) is 7.11 Å². The molecule has 156 valence electrons. The molecule has 3 aromatic rings. The molecule has 5 nitrogen and oxygen atoms in total. The molecule has 4 rings (SSSR count). The third kappa shape index (κ3) is 4.81. The van der Waals surface area contributed by atoms with E-state index in [0.717, 1.165) is 15.6 Å². The minimum atomic E-state index is -0.539. The van der Waals surface area contributed by atoms with E-state index in [1.807, 2.05) is 30.3 Å². The molecule has 0 saturated carbocycles. The number of hydrogen-bond acceptors (Lipinski definition) is 5. The number of methoxy groups -OCH3 is 1. The summed E-state index contributed by atoms with van der Waals surface area (Å²) in [5, 5.41) is 0.462. The summed E-state index contributed by atoms with van der Waals surface area (Å²) in [6.45, 7) is 0.385. The summed E-state index contributed by atoms with van der Waals surface area (Å²) in [6.07, 6.45) is 1.63. The van der Waals surface area contributed by atoms with Crippen molar-refractivity contribution in [3.8, 4) is 11.5 Å². The molecule has 0 radical (unpaired) electrons. The van der Waals surface area contributed by atoms with Crippen LogP contribution in [0.3, 0.4) is 0 Å². The van der Waals surface area contributed by atoms with Crippen molar-refractivity contribution in [2.24, 2.45) is 4.99 Å². The molecular formula is C24H17BrClNO4. The number of cyclic esters (lactones) is 1. The average molecular weight is 499 g/mol. The first-order chi connectivity index (χ1) is 15.0. The SMILES string of the molecule is COc1cc(/C=C2/N=C(c3ccccc3Cl)OC2=O)ccc1OCc1ccccc1Br. The average Bonchev–Trinajstić information content (AvgIpc) is 3.13. The number of hydrogen-bond donors (Lipinski definition) is 0. The number of carbonyl (C=O) groups is 1. The highest BCUT2D eigenvalue weighted by atomic mass is 79.9. The largest absolute Gasteiger partial charge is 0.493 e. The normalized spacial score (nSPS) is 14.4. The fourth-order valence-electron chi connectivity index (χ4n) is 2.98. The van der Waals surface area contributed by atoms with Crippen LogP contribution in [0, 0.1) is 0 Å². The first-order valence-corrected chi connectivity index (χ1v) is 10.5. The second kappa shape index (κ2) is 9.37. The van der Waals surface area contributed by atoms with Gasteiger partial charge >= 0.3 is 5.97 Å². The lowest BCUT2D eigenvalue weighted by molar-refractivity contribution is -0.129. The molecular weight excluding hydrogens is 482 g/mol. The number of halogens is 2. The number of esters is 1. The molecule has 0 unspecified atom stereocenters. The number of nitrogens with zero attached hydrogens (tertiary/aromatic N) is 1. The Kier molecular flexibility index (Phi) is 6.39. The van der Waals surface area contributed by atoms with E-state index in [9.17, 15) is 4.79 Å². The lowest BCUT2D eigenvalue weighted by atomic mass is 10.1. The van der Waals surface area contributed by atoms with Gasteiger partial charge in [-0.25, -0.2) is 9.79 Å². The van der Waals surface area contributed by atoms with Gasteiger partial charge in [-0.1, -0.05) is 63.9 Å². The molecule has 3 aromatic carbocycles. The topological polar surface area (TPSA) is 57.1 Å². The standard InChI is InChI=1S/C24H17BrClNO4/c1-29-22-13-15(10-11-21(22)30-14-16-6-2-4-8-18(16)25)12-20-24(28)31-23(27-20)17-7-3-5-9-19(17)26/h2-13H,14H2,1H3/b20-12+. The van der Waals surface area contributed by atoms with E-state index < -0.39 is 5.97 Å². The van der Waals surface area contributed by atoms with Gasteiger partial charge in [-0.05, 0) is 42.0 Å². The van der Waals surface area contributed by atoms with Crippen LogP contribution in [-0.2, 0) is 16.1 Å². The Morgan fingerprint density at radius 2 is 1.84 bits per heavy atom. The highest BCUT2D eigenvalue weighted by Crippen LogP contribution is 2.31. The first-order valence-electron chi connectivity index (χ1n) is 9.37. The molecule has 0 amide bonds. The summed E-state index contributed by atoms with van der Waals surface area (Å²) in [7, 11) is 1.56. The molecule has 0 N–H and O–H groups in total. The Bertz CT molecular complexity index is 1210. The van der Waals surface area contributed by atoms with Gasteiger partial charge in [0.15, 0.2) is 17.2 Å². The number of ether oxygens (including phenoxy) is 3. The van der Waals surface area contributed by atoms with Crippen LogP contribution in [-0.4, -0.2) is 19.0 Å². The predicted molar refractivity (Wildman–Crippen MR) is 124 cm³/mol. The second-order valence-electron chi connectivity index (χ2n) is 6.61. The monoisotopic (exact) mass is 497 g/mol. The second-order valence-corrected chi connectivity index (χ2v) is 7.87.